The Morgan fingerprint density at radius 2 is 1.76 bits per heavy atom. The summed E-state index contributed by atoms with van der Waals surface area (Å²) in [5, 5.41) is 3.27. The lowest BCUT2D eigenvalue weighted by molar-refractivity contribution is 1.01. The zero-order valence-electron chi connectivity index (χ0n) is 12.0. The van der Waals surface area contributed by atoms with Crippen molar-refractivity contribution >= 4 is 16.9 Å². The van der Waals surface area contributed by atoms with Crippen LogP contribution in [0.15, 0.2) is 48.5 Å². The number of nitrogens with zero attached hydrogens (tertiary/aromatic N) is 2. The van der Waals surface area contributed by atoms with E-state index in [1.54, 1.807) is 0 Å². The molecule has 0 bridgehead atoms. The number of fused-ring (bicyclic) bond motifs is 1. The lowest BCUT2D eigenvalue weighted by atomic mass is 10.1. The average Bonchev–Trinajstić information content (AvgIpc) is 2.52. The SMILES string of the molecule is Cc1cccc(-c2nc3ccccc3nc2NCCN)c1. The van der Waals surface area contributed by atoms with Gasteiger partial charge in [-0.05, 0) is 25.1 Å². The Morgan fingerprint density at radius 3 is 2.48 bits per heavy atom. The number of aromatic nitrogens is 2. The van der Waals surface area contributed by atoms with Crippen molar-refractivity contribution in [3.05, 3.63) is 54.1 Å². The van der Waals surface area contributed by atoms with Gasteiger partial charge in [0.2, 0.25) is 0 Å². The molecular weight excluding hydrogens is 260 g/mol. The molecule has 0 aliphatic heterocycles. The first kappa shape index (κ1) is 13.5. The molecule has 0 atom stereocenters. The van der Waals surface area contributed by atoms with Crippen LogP contribution in [0.1, 0.15) is 5.56 Å². The molecule has 1 heterocycles. The molecule has 0 aliphatic carbocycles. The minimum atomic E-state index is 0.557. The van der Waals surface area contributed by atoms with E-state index in [4.69, 9.17) is 10.7 Å². The van der Waals surface area contributed by atoms with Gasteiger partial charge in [0.15, 0.2) is 5.82 Å². The standard InChI is InChI=1S/C17H18N4/c1-12-5-4-6-13(11-12)16-17(19-10-9-18)21-15-8-3-2-7-14(15)20-16/h2-8,11H,9-10,18H2,1H3,(H,19,21). The van der Waals surface area contributed by atoms with Crippen LogP contribution in [-0.2, 0) is 0 Å². The van der Waals surface area contributed by atoms with Gasteiger partial charge in [-0.3, -0.25) is 0 Å². The van der Waals surface area contributed by atoms with Crippen LogP contribution >= 0.6 is 0 Å². The summed E-state index contributed by atoms with van der Waals surface area (Å²) < 4.78 is 0. The first-order chi connectivity index (χ1) is 10.3. The van der Waals surface area contributed by atoms with Crippen molar-refractivity contribution in [3.63, 3.8) is 0 Å². The molecule has 0 amide bonds. The first-order valence-electron chi connectivity index (χ1n) is 7.05. The van der Waals surface area contributed by atoms with E-state index in [-0.39, 0.29) is 0 Å². The van der Waals surface area contributed by atoms with Gasteiger partial charge >= 0.3 is 0 Å². The van der Waals surface area contributed by atoms with Crippen LogP contribution in [-0.4, -0.2) is 23.1 Å². The number of aryl methyl sites for hydroxylation is 1. The molecule has 3 aromatic rings. The Hall–Kier alpha value is -2.46. The fraction of sp³-hybridized carbons (Fsp3) is 0.176. The van der Waals surface area contributed by atoms with E-state index in [9.17, 15) is 0 Å². The molecule has 2 aromatic carbocycles. The molecule has 0 radical (unpaired) electrons. The van der Waals surface area contributed by atoms with Gasteiger partial charge in [0.1, 0.15) is 5.69 Å². The number of benzene rings is 2. The summed E-state index contributed by atoms with van der Waals surface area (Å²) in [6.07, 6.45) is 0. The molecule has 4 nitrogen and oxygen atoms in total. The highest BCUT2D eigenvalue weighted by Gasteiger charge is 2.10. The third-order valence-corrected chi connectivity index (χ3v) is 3.30. The van der Waals surface area contributed by atoms with Crippen LogP contribution in [0.4, 0.5) is 5.82 Å². The van der Waals surface area contributed by atoms with Crippen molar-refractivity contribution in [2.45, 2.75) is 6.92 Å². The molecule has 106 valence electrons. The molecular formula is C17H18N4. The topological polar surface area (TPSA) is 63.8 Å². The maximum Gasteiger partial charge on any atom is 0.153 e. The van der Waals surface area contributed by atoms with Crippen LogP contribution in [0.5, 0.6) is 0 Å². The molecule has 1 aromatic heterocycles. The second-order valence-corrected chi connectivity index (χ2v) is 4.99. The van der Waals surface area contributed by atoms with E-state index in [2.05, 4.69) is 35.4 Å². The smallest absolute Gasteiger partial charge is 0.153 e. The minimum Gasteiger partial charge on any atom is -0.367 e. The summed E-state index contributed by atoms with van der Waals surface area (Å²) in [5.41, 5.74) is 10.5. The normalized spacial score (nSPS) is 10.8. The molecule has 0 saturated heterocycles. The van der Waals surface area contributed by atoms with Gasteiger partial charge in [0.25, 0.3) is 0 Å². The molecule has 3 rings (SSSR count). The number of nitrogens with one attached hydrogen (secondary N) is 1. The summed E-state index contributed by atoms with van der Waals surface area (Å²) >= 11 is 0. The van der Waals surface area contributed by atoms with Gasteiger partial charge in [-0.2, -0.15) is 0 Å². The summed E-state index contributed by atoms with van der Waals surface area (Å²) in [7, 11) is 0. The quantitative estimate of drug-likeness (QED) is 0.770. The van der Waals surface area contributed by atoms with E-state index < -0.39 is 0 Å². The fourth-order valence-electron chi connectivity index (χ4n) is 2.31. The molecule has 0 aliphatic rings. The Labute approximate surface area is 124 Å². The number of anilines is 1. The maximum atomic E-state index is 5.59. The third kappa shape index (κ3) is 2.85. The first-order valence-corrected chi connectivity index (χ1v) is 7.05. The monoisotopic (exact) mass is 278 g/mol. The van der Waals surface area contributed by atoms with Crippen molar-refractivity contribution in [2.75, 3.05) is 18.4 Å². The summed E-state index contributed by atoms with van der Waals surface area (Å²) in [5.74, 6) is 0.782. The number of nitrogens with two attached hydrogens (primary N) is 1. The Kier molecular flexibility index (Phi) is 3.79. The highest BCUT2D eigenvalue weighted by atomic mass is 15.0. The second-order valence-electron chi connectivity index (χ2n) is 4.99. The Bertz CT molecular complexity index is 768. The van der Waals surface area contributed by atoms with Crippen molar-refractivity contribution in [2.24, 2.45) is 5.73 Å². The molecule has 0 saturated carbocycles. The van der Waals surface area contributed by atoms with E-state index in [1.807, 2.05) is 30.3 Å². The fourth-order valence-corrected chi connectivity index (χ4v) is 2.31. The average molecular weight is 278 g/mol. The minimum absolute atomic E-state index is 0.557. The maximum absolute atomic E-state index is 5.59. The van der Waals surface area contributed by atoms with Crippen molar-refractivity contribution in [1.82, 2.24) is 9.97 Å². The van der Waals surface area contributed by atoms with Gasteiger partial charge in [0.05, 0.1) is 11.0 Å². The largest absolute Gasteiger partial charge is 0.367 e. The predicted molar refractivity (Wildman–Crippen MR) is 87.3 cm³/mol. The number of hydrogen-bond donors (Lipinski definition) is 2. The van der Waals surface area contributed by atoms with E-state index in [0.717, 1.165) is 28.1 Å². The van der Waals surface area contributed by atoms with Crippen LogP contribution in [0.2, 0.25) is 0 Å². The van der Waals surface area contributed by atoms with Gasteiger partial charge in [-0.1, -0.05) is 35.9 Å². The highest BCUT2D eigenvalue weighted by molar-refractivity contribution is 5.83. The summed E-state index contributed by atoms with van der Waals surface area (Å²) in [6, 6.07) is 16.2. The molecule has 0 spiro atoms. The van der Waals surface area contributed by atoms with Gasteiger partial charge in [-0.15, -0.1) is 0 Å². The van der Waals surface area contributed by atoms with E-state index in [1.165, 1.54) is 5.56 Å². The van der Waals surface area contributed by atoms with Crippen molar-refractivity contribution in [1.29, 1.82) is 0 Å². The second kappa shape index (κ2) is 5.89. The van der Waals surface area contributed by atoms with Crippen molar-refractivity contribution < 1.29 is 0 Å². The molecule has 3 N–H and O–H groups in total. The Morgan fingerprint density at radius 1 is 1.00 bits per heavy atom. The molecule has 0 fully saturated rings. The summed E-state index contributed by atoms with van der Waals surface area (Å²) in [4.78, 5) is 9.46. The Balaban J connectivity index is 2.17. The van der Waals surface area contributed by atoms with Crippen LogP contribution in [0.3, 0.4) is 0 Å². The lowest BCUT2D eigenvalue weighted by Crippen LogP contribution is -2.15. The van der Waals surface area contributed by atoms with Gasteiger partial charge < -0.3 is 11.1 Å². The van der Waals surface area contributed by atoms with Gasteiger partial charge in [0, 0.05) is 18.7 Å². The highest BCUT2D eigenvalue weighted by Crippen LogP contribution is 2.27. The third-order valence-electron chi connectivity index (χ3n) is 3.30. The predicted octanol–water partition coefficient (Wildman–Crippen LogP) is 2.98. The summed E-state index contributed by atoms with van der Waals surface area (Å²) in [6.45, 7) is 3.30. The van der Waals surface area contributed by atoms with E-state index in [0.29, 0.717) is 13.1 Å². The zero-order chi connectivity index (χ0) is 14.7. The van der Waals surface area contributed by atoms with Gasteiger partial charge in [-0.25, -0.2) is 9.97 Å². The molecule has 0 unspecified atom stereocenters. The van der Waals surface area contributed by atoms with E-state index >= 15 is 0 Å². The van der Waals surface area contributed by atoms with Crippen LogP contribution < -0.4 is 11.1 Å². The number of para-hydroxylation sites is 2. The molecule has 21 heavy (non-hydrogen) atoms. The van der Waals surface area contributed by atoms with Crippen LogP contribution in [0.25, 0.3) is 22.3 Å². The number of hydrogen-bond acceptors (Lipinski definition) is 4. The number of rotatable bonds is 4. The van der Waals surface area contributed by atoms with Crippen molar-refractivity contribution in [3.8, 4) is 11.3 Å². The lowest BCUT2D eigenvalue weighted by Gasteiger charge is -2.12. The zero-order valence-corrected chi connectivity index (χ0v) is 12.0. The van der Waals surface area contributed by atoms with Crippen LogP contribution in [0, 0.1) is 6.92 Å². The molecule has 4 heteroatoms.